The second-order valence-corrected chi connectivity index (χ2v) is 6.72. The van der Waals surface area contributed by atoms with Crippen LogP contribution in [0.4, 0.5) is 0 Å². The fraction of sp³-hybridized carbons (Fsp3) is 0.833. The lowest BCUT2D eigenvalue weighted by Crippen LogP contribution is -2.47. The lowest BCUT2D eigenvalue weighted by atomic mass is 9.96. The fourth-order valence-electron chi connectivity index (χ4n) is 2.78. The van der Waals surface area contributed by atoms with Gasteiger partial charge in [0.25, 0.3) is 0 Å². The van der Waals surface area contributed by atoms with Crippen molar-refractivity contribution in [1.82, 2.24) is 5.32 Å². The summed E-state index contributed by atoms with van der Waals surface area (Å²) in [5, 5.41) is 20.4. The lowest BCUT2D eigenvalue weighted by Gasteiger charge is -2.25. The van der Waals surface area contributed by atoms with Crippen LogP contribution in [-0.2, 0) is 14.4 Å². The van der Waals surface area contributed by atoms with Gasteiger partial charge in [-0.15, -0.1) is 0 Å². The Hall–Kier alpha value is -1.67. The molecule has 0 aliphatic rings. The van der Waals surface area contributed by atoms with E-state index in [0.717, 1.165) is 19.3 Å². The largest absolute Gasteiger partial charge is 0.481 e. The SMILES string of the molecule is NCCCCCC(=O)NC(CCCCC(=O)O)C(N)CCCCC(=O)O. The Morgan fingerprint density at radius 1 is 0.769 bits per heavy atom. The number of carbonyl (C=O) groups excluding carboxylic acids is 1. The van der Waals surface area contributed by atoms with Crippen LogP contribution in [-0.4, -0.2) is 46.7 Å². The van der Waals surface area contributed by atoms with E-state index in [9.17, 15) is 14.4 Å². The lowest BCUT2D eigenvalue weighted by molar-refractivity contribution is -0.138. The molecular weight excluding hydrogens is 338 g/mol. The molecule has 0 aromatic rings. The van der Waals surface area contributed by atoms with E-state index in [1.807, 2.05) is 0 Å². The number of carboxylic acid groups (broad SMARTS) is 2. The second-order valence-electron chi connectivity index (χ2n) is 6.72. The minimum Gasteiger partial charge on any atom is -0.481 e. The van der Waals surface area contributed by atoms with Crippen molar-refractivity contribution in [3.63, 3.8) is 0 Å². The third kappa shape index (κ3) is 14.7. The topological polar surface area (TPSA) is 156 Å². The van der Waals surface area contributed by atoms with E-state index in [4.69, 9.17) is 21.7 Å². The van der Waals surface area contributed by atoms with E-state index in [-0.39, 0.29) is 30.8 Å². The molecule has 0 aliphatic heterocycles. The van der Waals surface area contributed by atoms with Crippen molar-refractivity contribution < 1.29 is 24.6 Å². The van der Waals surface area contributed by atoms with Crippen molar-refractivity contribution in [2.24, 2.45) is 11.5 Å². The normalized spacial score (nSPS) is 13.2. The zero-order valence-electron chi connectivity index (χ0n) is 15.6. The Labute approximate surface area is 155 Å². The first kappa shape index (κ1) is 24.3. The second kappa shape index (κ2) is 15.6. The quantitative estimate of drug-likeness (QED) is 0.242. The molecule has 7 N–H and O–H groups in total. The highest BCUT2D eigenvalue weighted by Gasteiger charge is 2.19. The van der Waals surface area contributed by atoms with E-state index in [1.54, 1.807) is 0 Å². The standard InChI is InChI=1S/C18H35N3O5/c19-13-7-1-2-10-16(22)21-15(9-4-6-12-18(25)26)14(20)8-3-5-11-17(23)24/h14-15H,1-13,19-20H2,(H,21,22)(H,23,24)(H,25,26). The summed E-state index contributed by atoms with van der Waals surface area (Å²) in [5.41, 5.74) is 11.6. The molecule has 2 unspecified atom stereocenters. The van der Waals surface area contributed by atoms with Crippen LogP contribution in [0.1, 0.15) is 77.0 Å². The monoisotopic (exact) mass is 373 g/mol. The minimum atomic E-state index is -0.830. The van der Waals surface area contributed by atoms with Gasteiger partial charge in [-0.05, 0) is 45.1 Å². The number of aliphatic carboxylic acids is 2. The summed E-state index contributed by atoms with van der Waals surface area (Å²) in [6, 6.07) is -0.475. The molecule has 0 spiro atoms. The van der Waals surface area contributed by atoms with Gasteiger partial charge in [-0.2, -0.15) is 0 Å². The van der Waals surface area contributed by atoms with Gasteiger partial charge in [0.15, 0.2) is 0 Å². The van der Waals surface area contributed by atoms with Crippen LogP contribution < -0.4 is 16.8 Å². The highest BCUT2D eigenvalue weighted by atomic mass is 16.4. The highest BCUT2D eigenvalue weighted by molar-refractivity contribution is 5.76. The average Bonchev–Trinajstić information content (AvgIpc) is 2.57. The van der Waals surface area contributed by atoms with Crippen molar-refractivity contribution in [2.45, 2.75) is 89.1 Å². The number of nitrogens with one attached hydrogen (secondary N) is 1. The van der Waals surface area contributed by atoms with Gasteiger partial charge in [0, 0.05) is 31.3 Å². The smallest absolute Gasteiger partial charge is 0.303 e. The van der Waals surface area contributed by atoms with Crippen LogP contribution in [0, 0.1) is 0 Å². The molecule has 0 bridgehead atoms. The maximum Gasteiger partial charge on any atom is 0.303 e. The van der Waals surface area contributed by atoms with Crippen molar-refractivity contribution in [2.75, 3.05) is 6.54 Å². The van der Waals surface area contributed by atoms with Crippen molar-refractivity contribution in [3.05, 3.63) is 0 Å². The Balaban J connectivity index is 4.34. The number of carboxylic acids is 2. The number of carbonyl (C=O) groups is 3. The van der Waals surface area contributed by atoms with Crippen molar-refractivity contribution in [3.8, 4) is 0 Å². The summed E-state index contributed by atoms with van der Waals surface area (Å²) < 4.78 is 0. The van der Waals surface area contributed by atoms with Crippen LogP contribution in [0.25, 0.3) is 0 Å². The summed E-state index contributed by atoms with van der Waals surface area (Å²) in [6.07, 6.45) is 6.96. The third-order valence-electron chi connectivity index (χ3n) is 4.31. The van der Waals surface area contributed by atoms with Gasteiger partial charge in [0.1, 0.15) is 0 Å². The number of hydrogen-bond acceptors (Lipinski definition) is 5. The first-order valence-electron chi connectivity index (χ1n) is 9.55. The first-order valence-corrected chi connectivity index (χ1v) is 9.55. The molecule has 1 amide bonds. The maximum atomic E-state index is 12.1. The van der Waals surface area contributed by atoms with Crippen LogP contribution in [0.3, 0.4) is 0 Å². The Kier molecular flexibility index (Phi) is 14.6. The summed E-state index contributed by atoms with van der Waals surface area (Å²) >= 11 is 0. The summed E-state index contributed by atoms with van der Waals surface area (Å²) in [5.74, 6) is -1.70. The number of nitrogens with two attached hydrogens (primary N) is 2. The fourth-order valence-corrected chi connectivity index (χ4v) is 2.78. The van der Waals surface area contributed by atoms with E-state index in [2.05, 4.69) is 5.32 Å². The Morgan fingerprint density at radius 3 is 1.85 bits per heavy atom. The molecule has 0 radical (unpaired) electrons. The minimum absolute atomic E-state index is 0.0498. The molecule has 0 heterocycles. The Morgan fingerprint density at radius 2 is 1.31 bits per heavy atom. The van der Waals surface area contributed by atoms with E-state index in [1.165, 1.54) is 0 Å². The highest BCUT2D eigenvalue weighted by Crippen LogP contribution is 2.12. The molecule has 0 aromatic heterocycles. The third-order valence-corrected chi connectivity index (χ3v) is 4.31. The average molecular weight is 373 g/mol. The molecule has 0 saturated heterocycles. The molecule has 0 saturated carbocycles. The molecule has 0 fully saturated rings. The predicted octanol–water partition coefficient (Wildman–Crippen LogP) is 1.61. The molecule has 152 valence electrons. The van der Waals surface area contributed by atoms with Gasteiger partial charge in [-0.25, -0.2) is 0 Å². The summed E-state index contributed by atoms with van der Waals surface area (Å²) in [7, 11) is 0. The zero-order chi connectivity index (χ0) is 19.8. The summed E-state index contributed by atoms with van der Waals surface area (Å²) in [4.78, 5) is 33.3. The predicted molar refractivity (Wildman–Crippen MR) is 99.6 cm³/mol. The van der Waals surface area contributed by atoms with Crippen LogP contribution >= 0.6 is 0 Å². The van der Waals surface area contributed by atoms with Gasteiger partial charge < -0.3 is 27.0 Å². The molecule has 8 nitrogen and oxygen atoms in total. The molecule has 0 aromatic carbocycles. The number of unbranched alkanes of at least 4 members (excludes halogenated alkanes) is 4. The number of rotatable bonds is 17. The molecule has 8 heteroatoms. The molecule has 2 atom stereocenters. The number of amides is 1. The Bertz CT molecular complexity index is 418. The van der Waals surface area contributed by atoms with E-state index < -0.39 is 11.9 Å². The zero-order valence-corrected chi connectivity index (χ0v) is 15.6. The van der Waals surface area contributed by atoms with E-state index >= 15 is 0 Å². The van der Waals surface area contributed by atoms with Gasteiger partial charge >= 0.3 is 11.9 Å². The van der Waals surface area contributed by atoms with Crippen LogP contribution in [0.2, 0.25) is 0 Å². The van der Waals surface area contributed by atoms with Gasteiger partial charge in [0.05, 0.1) is 0 Å². The first-order chi connectivity index (χ1) is 12.4. The molecular formula is C18H35N3O5. The van der Waals surface area contributed by atoms with Gasteiger partial charge in [-0.3, -0.25) is 14.4 Å². The van der Waals surface area contributed by atoms with E-state index in [0.29, 0.717) is 51.5 Å². The molecule has 0 rings (SSSR count). The van der Waals surface area contributed by atoms with Crippen LogP contribution in [0.15, 0.2) is 0 Å². The molecule has 26 heavy (non-hydrogen) atoms. The molecule has 0 aliphatic carbocycles. The van der Waals surface area contributed by atoms with Crippen molar-refractivity contribution >= 4 is 17.8 Å². The van der Waals surface area contributed by atoms with Gasteiger partial charge in [0.2, 0.25) is 5.91 Å². The van der Waals surface area contributed by atoms with Crippen molar-refractivity contribution in [1.29, 1.82) is 0 Å². The van der Waals surface area contributed by atoms with Crippen LogP contribution in [0.5, 0.6) is 0 Å². The van der Waals surface area contributed by atoms with Gasteiger partial charge in [-0.1, -0.05) is 19.3 Å². The maximum absolute atomic E-state index is 12.1. The number of hydrogen-bond donors (Lipinski definition) is 5. The summed E-state index contributed by atoms with van der Waals surface area (Å²) in [6.45, 7) is 0.620.